The van der Waals surface area contributed by atoms with Crippen LogP contribution < -0.4 is 15.6 Å². The molecule has 0 radical (unpaired) electrons. The Balaban J connectivity index is 2.51. The Bertz CT molecular complexity index is 771. The first-order valence-corrected chi connectivity index (χ1v) is 23.0. The summed E-state index contributed by atoms with van der Waals surface area (Å²) in [5.41, 5.74) is 0. The Kier molecular flexibility index (Phi) is 6.31. The second-order valence-electron chi connectivity index (χ2n) is 9.49. The van der Waals surface area contributed by atoms with E-state index in [1.807, 2.05) is 0 Å². The van der Waals surface area contributed by atoms with Gasteiger partial charge in [0.2, 0.25) is 0 Å². The Morgan fingerprint density at radius 3 is 0.893 bits per heavy atom. The van der Waals surface area contributed by atoms with Gasteiger partial charge in [-0.25, -0.2) is 0 Å². The van der Waals surface area contributed by atoms with Crippen LogP contribution in [0.5, 0.6) is 0 Å². The number of hydrogen-bond acceptors (Lipinski definition) is 0. The Morgan fingerprint density at radius 1 is 0.429 bits per heavy atom. The SMILES string of the molecule is C[Si](C)(C)P([Si](C)(C)C)[Si](c1ccccc1)(c1ccccc1)c1ccccc1. The highest BCUT2D eigenvalue weighted by Crippen LogP contribution is 2.60. The Morgan fingerprint density at radius 2 is 0.679 bits per heavy atom. The molecule has 0 saturated heterocycles. The van der Waals surface area contributed by atoms with E-state index in [4.69, 9.17) is 0 Å². The van der Waals surface area contributed by atoms with Gasteiger partial charge in [0.05, 0.1) is 15.5 Å². The summed E-state index contributed by atoms with van der Waals surface area (Å²) in [4.78, 5) is 0. The Labute approximate surface area is 175 Å². The summed E-state index contributed by atoms with van der Waals surface area (Å²) >= 11 is 0. The first-order chi connectivity index (χ1) is 13.2. The monoisotopic (exact) mass is 436 g/mol. The van der Waals surface area contributed by atoms with Gasteiger partial charge in [-0.2, -0.15) is 0 Å². The van der Waals surface area contributed by atoms with Crippen LogP contribution >= 0.6 is 6.57 Å². The van der Waals surface area contributed by atoms with E-state index in [1.165, 1.54) is 0 Å². The summed E-state index contributed by atoms with van der Waals surface area (Å²) in [6, 6.07) is 34.6. The van der Waals surface area contributed by atoms with E-state index in [0.717, 1.165) is 0 Å². The van der Waals surface area contributed by atoms with Crippen molar-refractivity contribution in [1.29, 1.82) is 0 Å². The average molecular weight is 437 g/mol. The molecule has 0 saturated carbocycles. The van der Waals surface area contributed by atoms with Crippen LogP contribution in [0.3, 0.4) is 0 Å². The van der Waals surface area contributed by atoms with E-state index in [1.54, 1.807) is 15.6 Å². The lowest BCUT2D eigenvalue weighted by Gasteiger charge is -2.52. The zero-order valence-corrected chi connectivity index (χ0v) is 22.0. The molecule has 0 aromatic heterocycles. The fourth-order valence-corrected chi connectivity index (χ4v) is 71.7. The summed E-state index contributed by atoms with van der Waals surface area (Å²) in [5, 5.41) is 4.80. The molecule has 0 bridgehead atoms. The van der Waals surface area contributed by atoms with E-state index in [9.17, 15) is 0 Å². The average Bonchev–Trinajstić information content (AvgIpc) is 2.66. The lowest BCUT2D eigenvalue weighted by molar-refractivity contribution is 1.70. The molecule has 28 heavy (non-hydrogen) atoms. The maximum atomic E-state index is 2.63. The van der Waals surface area contributed by atoms with Gasteiger partial charge in [-0.1, -0.05) is 130 Å². The highest BCUT2D eigenvalue weighted by molar-refractivity contribution is 8.40. The highest BCUT2D eigenvalue weighted by Gasteiger charge is 2.55. The molecule has 0 fully saturated rings. The van der Waals surface area contributed by atoms with Crippen LogP contribution in [-0.4, -0.2) is 23.2 Å². The summed E-state index contributed by atoms with van der Waals surface area (Å²) in [6.07, 6.45) is 0. The molecule has 3 aromatic rings. The van der Waals surface area contributed by atoms with Crippen molar-refractivity contribution in [3.63, 3.8) is 0 Å². The topological polar surface area (TPSA) is 0 Å². The van der Waals surface area contributed by atoms with Gasteiger partial charge in [-0.05, 0) is 15.6 Å². The minimum absolute atomic E-state index is 0.103. The predicted octanol–water partition coefficient (Wildman–Crippen LogP) is 5.81. The van der Waals surface area contributed by atoms with Crippen molar-refractivity contribution in [1.82, 2.24) is 0 Å². The molecule has 3 rings (SSSR count). The summed E-state index contributed by atoms with van der Waals surface area (Å²) in [7, 11) is -4.97. The smallest absolute Gasteiger partial charge is 0.127 e. The molecule has 3 aromatic carbocycles. The first kappa shape index (κ1) is 21.4. The van der Waals surface area contributed by atoms with Gasteiger partial charge in [0.1, 0.15) is 0 Å². The summed E-state index contributed by atoms with van der Waals surface area (Å²) in [5.74, 6) is 0. The summed E-state index contributed by atoms with van der Waals surface area (Å²) < 4.78 is 0. The first-order valence-electron chi connectivity index (χ1n) is 10.2. The molecule has 0 N–H and O–H groups in total. The molecule has 0 heterocycles. The van der Waals surface area contributed by atoms with Crippen LogP contribution in [0.15, 0.2) is 91.0 Å². The number of rotatable bonds is 6. The third-order valence-electron chi connectivity index (χ3n) is 5.25. The fourth-order valence-electron chi connectivity index (χ4n) is 4.94. The van der Waals surface area contributed by atoms with Gasteiger partial charge in [0.25, 0.3) is 0 Å². The minimum Gasteiger partial charge on any atom is -0.127 e. The molecule has 4 heteroatoms. The van der Waals surface area contributed by atoms with Crippen molar-refractivity contribution in [2.45, 2.75) is 39.3 Å². The molecule has 0 amide bonds. The third-order valence-corrected chi connectivity index (χ3v) is 54.7. The van der Waals surface area contributed by atoms with Crippen LogP contribution in [0.1, 0.15) is 0 Å². The Hall–Kier alpha value is -1.26. The van der Waals surface area contributed by atoms with E-state index < -0.39 is 23.2 Å². The fraction of sp³-hybridized carbons (Fsp3) is 0.250. The van der Waals surface area contributed by atoms with Crippen molar-refractivity contribution >= 4 is 45.3 Å². The van der Waals surface area contributed by atoms with E-state index in [-0.39, 0.29) is 6.57 Å². The second kappa shape index (κ2) is 8.24. The van der Waals surface area contributed by atoms with Crippen molar-refractivity contribution in [2.75, 3.05) is 0 Å². The largest absolute Gasteiger partial charge is 0.167 e. The zero-order valence-electron chi connectivity index (χ0n) is 18.1. The molecular weight excluding hydrogens is 403 g/mol. The number of benzene rings is 3. The van der Waals surface area contributed by atoms with Crippen molar-refractivity contribution in [3.8, 4) is 0 Å². The van der Waals surface area contributed by atoms with Crippen molar-refractivity contribution in [2.24, 2.45) is 0 Å². The molecule has 0 spiro atoms. The maximum Gasteiger partial charge on any atom is 0.167 e. The maximum absolute atomic E-state index is 2.63. The standard InChI is InChI=1S/C24H33PSi3/c1-26(2,3)25(27(4,5)6)28(22-16-10-7-11-17-22,23-18-12-8-13-19-23)24-20-14-9-15-21-24/h7-21H,1-6H3. The van der Waals surface area contributed by atoms with E-state index >= 15 is 0 Å². The van der Waals surface area contributed by atoms with Gasteiger partial charge >= 0.3 is 0 Å². The molecule has 0 aliphatic rings. The molecule has 0 atom stereocenters. The van der Waals surface area contributed by atoms with Gasteiger partial charge in [-0.15, -0.1) is 6.57 Å². The van der Waals surface area contributed by atoms with Crippen molar-refractivity contribution in [3.05, 3.63) is 91.0 Å². The molecular formula is C24H33PSi3. The molecule has 0 aliphatic heterocycles. The highest BCUT2D eigenvalue weighted by atomic mass is 31.8. The molecule has 0 nitrogen and oxygen atoms in total. The summed E-state index contributed by atoms with van der Waals surface area (Å²) in [6.45, 7) is 15.7. The minimum atomic E-state index is -2.14. The van der Waals surface area contributed by atoms with Gasteiger partial charge in [0, 0.05) is 0 Å². The van der Waals surface area contributed by atoms with Gasteiger partial charge in [0.15, 0.2) is 7.74 Å². The second-order valence-corrected chi connectivity index (χ2v) is 40.1. The quantitative estimate of drug-likeness (QED) is 0.260. The predicted molar refractivity (Wildman–Crippen MR) is 138 cm³/mol. The molecule has 0 unspecified atom stereocenters. The molecule has 146 valence electrons. The van der Waals surface area contributed by atoms with Crippen LogP contribution in [-0.2, 0) is 0 Å². The lowest BCUT2D eigenvalue weighted by atomic mass is 10.3. The van der Waals surface area contributed by atoms with Crippen LogP contribution in [0.2, 0.25) is 39.3 Å². The normalized spacial score (nSPS) is 13.0. The van der Waals surface area contributed by atoms with Crippen molar-refractivity contribution < 1.29 is 0 Å². The number of hydrogen-bond donors (Lipinski definition) is 0. The zero-order chi connectivity index (χ0) is 20.4. The van der Waals surface area contributed by atoms with E-state index in [0.29, 0.717) is 0 Å². The third kappa shape index (κ3) is 4.04. The molecule has 0 aliphatic carbocycles. The van der Waals surface area contributed by atoms with Crippen LogP contribution in [0.4, 0.5) is 0 Å². The van der Waals surface area contributed by atoms with Crippen LogP contribution in [0.25, 0.3) is 0 Å². The lowest BCUT2D eigenvalue weighted by Crippen LogP contribution is -2.70. The van der Waals surface area contributed by atoms with Gasteiger partial charge < -0.3 is 0 Å². The van der Waals surface area contributed by atoms with Gasteiger partial charge in [-0.3, -0.25) is 0 Å². The van der Waals surface area contributed by atoms with E-state index in [2.05, 4.69) is 130 Å². The van der Waals surface area contributed by atoms with Crippen LogP contribution in [0, 0.1) is 0 Å².